The van der Waals surface area contributed by atoms with Crippen LogP contribution in [0.25, 0.3) is 0 Å². The lowest BCUT2D eigenvalue weighted by Crippen LogP contribution is -2.50. The zero-order valence-corrected chi connectivity index (χ0v) is 12.9. The van der Waals surface area contributed by atoms with Crippen molar-refractivity contribution in [2.24, 2.45) is 5.92 Å². The van der Waals surface area contributed by atoms with E-state index in [1.54, 1.807) is 0 Å². The molecule has 0 aliphatic carbocycles. The molecular formula is C16H30N2O2. The van der Waals surface area contributed by atoms with E-state index in [0.29, 0.717) is 6.04 Å². The van der Waals surface area contributed by atoms with Gasteiger partial charge in [0, 0.05) is 32.4 Å². The van der Waals surface area contributed by atoms with E-state index < -0.39 is 0 Å². The van der Waals surface area contributed by atoms with Gasteiger partial charge in [0.1, 0.15) is 0 Å². The van der Waals surface area contributed by atoms with Crippen LogP contribution in [0.2, 0.25) is 0 Å². The van der Waals surface area contributed by atoms with Gasteiger partial charge in [-0.25, -0.2) is 0 Å². The van der Waals surface area contributed by atoms with Gasteiger partial charge in [0.2, 0.25) is 0 Å². The molecule has 3 rings (SSSR count). The van der Waals surface area contributed by atoms with Crippen molar-refractivity contribution in [2.75, 3.05) is 46.0 Å². The number of ether oxygens (including phenoxy) is 2. The topological polar surface area (TPSA) is 33.7 Å². The molecule has 1 N–H and O–H groups in total. The van der Waals surface area contributed by atoms with Gasteiger partial charge in [-0.15, -0.1) is 0 Å². The summed E-state index contributed by atoms with van der Waals surface area (Å²) in [4.78, 5) is 2.57. The molecule has 2 atom stereocenters. The van der Waals surface area contributed by atoms with E-state index in [1.165, 1.54) is 45.4 Å². The zero-order chi connectivity index (χ0) is 13.8. The second-order valence-corrected chi connectivity index (χ2v) is 6.79. The van der Waals surface area contributed by atoms with Crippen molar-refractivity contribution in [1.29, 1.82) is 0 Å². The van der Waals surface area contributed by atoms with Gasteiger partial charge in [-0.05, 0) is 57.7 Å². The quantitative estimate of drug-likeness (QED) is 0.850. The number of hydrogen-bond donors (Lipinski definition) is 1. The van der Waals surface area contributed by atoms with E-state index in [4.69, 9.17) is 9.47 Å². The van der Waals surface area contributed by atoms with Crippen LogP contribution >= 0.6 is 0 Å². The Morgan fingerprint density at radius 3 is 2.80 bits per heavy atom. The van der Waals surface area contributed by atoms with Crippen molar-refractivity contribution in [3.8, 4) is 0 Å². The molecule has 0 aromatic carbocycles. The van der Waals surface area contributed by atoms with Crippen LogP contribution in [0.3, 0.4) is 0 Å². The van der Waals surface area contributed by atoms with Gasteiger partial charge in [0.25, 0.3) is 0 Å². The molecule has 4 nitrogen and oxygen atoms in total. The smallest absolute Gasteiger partial charge is 0.0741 e. The van der Waals surface area contributed by atoms with Crippen molar-refractivity contribution in [3.05, 3.63) is 0 Å². The predicted octanol–water partition coefficient (Wildman–Crippen LogP) is 1.65. The van der Waals surface area contributed by atoms with E-state index in [1.807, 2.05) is 0 Å². The summed E-state index contributed by atoms with van der Waals surface area (Å²) in [5.74, 6) is 0.850. The largest absolute Gasteiger partial charge is 0.381 e. The number of hydrogen-bond acceptors (Lipinski definition) is 4. The Kier molecular flexibility index (Phi) is 4.97. The van der Waals surface area contributed by atoms with Crippen molar-refractivity contribution in [2.45, 2.75) is 50.7 Å². The Morgan fingerprint density at radius 2 is 2.05 bits per heavy atom. The molecule has 0 aromatic rings. The summed E-state index contributed by atoms with van der Waals surface area (Å²) < 4.78 is 11.6. The van der Waals surface area contributed by atoms with E-state index in [0.717, 1.165) is 38.6 Å². The minimum atomic E-state index is 0.124. The Hall–Kier alpha value is -0.160. The lowest BCUT2D eigenvalue weighted by molar-refractivity contribution is -0.140. The third-order valence-corrected chi connectivity index (χ3v) is 5.41. The van der Waals surface area contributed by atoms with Crippen molar-refractivity contribution >= 4 is 0 Å². The summed E-state index contributed by atoms with van der Waals surface area (Å²) in [5.41, 5.74) is 0.124. The highest BCUT2D eigenvalue weighted by molar-refractivity contribution is 4.92. The third-order valence-electron chi connectivity index (χ3n) is 5.41. The molecule has 4 heteroatoms. The minimum absolute atomic E-state index is 0.124. The van der Waals surface area contributed by atoms with Gasteiger partial charge < -0.3 is 19.7 Å². The molecule has 3 aliphatic heterocycles. The summed E-state index contributed by atoms with van der Waals surface area (Å²) in [7, 11) is 0. The van der Waals surface area contributed by atoms with Gasteiger partial charge in [0.15, 0.2) is 0 Å². The molecule has 116 valence electrons. The summed E-state index contributed by atoms with van der Waals surface area (Å²) >= 11 is 0. The molecule has 3 saturated heterocycles. The second kappa shape index (κ2) is 6.73. The number of nitrogens with zero attached hydrogens (tertiary/aromatic N) is 1. The molecule has 0 amide bonds. The fourth-order valence-corrected chi connectivity index (χ4v) is 3.99. The second-order valence-electron chi connectivity index (χ2n) is 6.79. The molecule has 3 fully saturated rings. The summed E-state index contributed by atoms with van der Waals surface area (Å²) in [6.45, 7) is 9.91. The molecule has 2 unspecified atom stereocenters. The third kappa shape index (κ3) is 3.53. The van der Waals surface area contributed by atoms with Crippen LogP contribution in [0.15, 0.2) is 0 Å². The molecule has 0 aromatic heterocycles. The summed E-state index contributed by atoms with van der Waals surface area (Å²) in [6, 6.07) is 0.650. The molecule has 3 heterocycles. The maximum atomic E-state index is 6.11. The lowest BCUT2D eigenvalue weighted by atomic mass is 9.84. The molecule has 0 bridgehead atoms. The van der Waals surface area contributed by atoms with Crippen LogP contribution in [-0.4, -0.2) is 62.5 Å². The highest BCUT2D eigenvalue weighted by atomic mass is 16.5. The molecule has 0 saturated carbocycles. The normalized spacial score (nSPS) is 34.6. The standard InChI is InChI=1S/C16H30N2O2/c1-2-18-7-3-14(13-18)12-17-15-4-8-20-16(11-15)5-9-19-10-6-16/h14-15,17H,2-13H2,1H3. The van der Waals surface area contributed by atoms with Gasteiger partial charge >= 0.3 is 0 Å². The Labute approximate surface area is 123 Å². The Balaban J connectivity index is 1.43. The lowest BCUT2D eigenvalue weighted by Gasteiger charge is -2.43. The van der Waals surface area contributed by atoms with Gasteiger partial charge in [0.05, 0.1) is 5.60 Å². The van der Waals surface area contributed by atoms with Crippen LogP contribution in [-0.2, 0) is 9.47 Å². The van der Waals surface area contributed by atoms with Gasteiger partial charge in [-0.3, -0.25) is 0 Å². The zero-order valence-electron chi connectivity index (χ0n) is 12.9. The number of nitrogens with one attached hydrogen (secondary N) is 1. The van der Waals surface area contributed by atoms with Crippen molar-refractivity contribution in [3.63, 3.8) is 0 Å². The maximum absolute atomic E-state index is 6.11. The number of rotatable bonds is 4. The van der Waals surface area contributed by atoms with Crippen molar-refractivity contribution in [1.82, 2.24) is 10.2 Å². The first-order valence-corrected chi connectivity index (χ1v) is 8.47. The molecule has 20 heavy (non-hydrogen) atoms. The van der Waals surface area contributed by atoms with Crippen LogP contribution < -0.4 is 5.32 Å². The molecule has 3 aliphatic rings. The minimum Gasteiger partial charge on any atom is -0.381 e. The van der Waals surface area contributed by atoms with E-state index in [9.17, 15) is 0 Å². The van der Waals surface area contributed by atoms with Gasteiger partial charge in [-0.2, -0.15) is 0 Å². The molecule has 0 radical (unpaired) electrons. The Morgan fingerprint density at radius 1 is 1.20 bits per heavy atom. The Bertz CT molecular complexity index is 299. The van der Waals surface area contributed by atoms with E-state index in [-0.39, 0.29) is 5.60 Å². The highest BCUT2D eigenvalue weighted by Gasteiger charge is 2.39. The van der Waals surface area contributed by atoms with E-state index in [2.05, 4.69) is 17.1 Å². The first kappa shape index (κ1) is 14.8. The van der Waals surface area contributed by atoms with E-state index >= 15 is 0 Å². The summed E-state index contributed by atoms with van der Waals surface area (Å²) in [5, 5.41) is 3.83. The molecule has 1 spiro atoms. The predicted molar refractivity (Wildman–Crippen MR) is 80.0 cm³/mol. The summed E-state index contributed by atoms with van der Waals surface area (Å²) in [6.07, 6.45) is 5.88. The van der Waals surface area contributed by atoms with Crippen molar-refractivity contribution < 1.29 is 9.47 Å². The fraction of sp³-hybridized carbons (Fsp3) is 1.00. The van der Waals surface area contributed by atoms with Crippen LogP contribution in [0, 0.1) is 5.92 Å². The monoisotopic (exact) mass is 282 g/mol. The van der Waals surface area contributed by atoms with Crippen LogP contribution in [0.4, 0.5) is 0 Å². The van der Waals surface area contributed by atoms with Crippen LogP contribution in [0.1, 0.15) is 39.0 Å². The average molecular weight is 282 g/mol. The first-order valence-electron chi connectivity index (χ1n) is 8.47. The van der Waals surface area contributed by atoms with Crippen LogP contribution in [0.5, 0.6) is 0 Å². The van der Waals surface area contributed by atoms with Gasteiger partial charge in [-0.1, -0.05) is 6.92 Å². The maximum Gasteiger partial charge on any atom is 0.0741 e. The highest BCUT2D eigenvalue weighted by Crippen LogP contribution is 2.34. The number of likely N-dealkylation sites (tertiary alicyclic amines) is 1. The SMILES string of the molecule is CCN1CCC(CNC2CCOC3(CCOCC3)C2)C1. The molecular weight excluding hydrogens is 252 g/mol. The first-order chi connectivity index (χ1) is 9.80. The average Bonchev–Trinajstić information content (AvgIpc) is 2.94. The fourth-order valence-electron chi connectivity index (χ4n) is 3.99.